The third kappa shape index (κ3) is 4.87. The van der Waals surface area contributed by atoms with Gasteiger partial charge in [-0.1, -0.05) is 12.1 Å². The van der Waals surface area contributed by atoms with Gasteiger partial charge in [0.15, 0.2) is 0 Å². The van der Waals surface area contributed by atoms with Gasteiger partial charge in [0.2, 0.25) is 0 Å². The van der Waals surface area contributed by atoms with Crippen molar-refractivity contribution in [3.05, 3.63) is 29.8 Å². The summed E-state index contributed by atoms with van der Waals surface area (Å²) in [6.45, 7) is 4.51. The monoisotopic (exact) mass is 237 g/mol. The molecular formula is C13H19NO3. The van der Waals surface area contributed by atoms with Crippen molar-refractivity contribution in [3.8, 4) is 5.75 Å². The van der Waals surface area contributed by atoms with E-state index in [1.54, 1.807) is 6.92 Å². The molecule has 0 radical (unpaired) electrons. The van der Waals surface area contributed by atoms with E-state index in [1.807, 2.05) is 31.2 Å². The molecule has 1 unspecified atom stereocenters. The third-order valence-corrected chi connectivity index (χ3v) is 2.28. The SMILES string of the molecule is CCOC(=O)C(N)CCOc1cccc(C)c1. The van der Waals surface area contributed by atoms with E-state index < -0.39 is 6.04 Å². The number of ether oxygens (including phenoxy) is 2. The zero-order valence-electron chi connectivity index (χ0n) is 10.3. The second kappa shape index (κ2) is 6.91. The van der Waals surface area contributed by atoms with Gasteiger partial charge in [-0.15, -0.1) is 0 Å². The molecule has 17 heavy (non-hydrogen) atoms. The Labute approximate surface area is 102 Å². The van der Waals surface area contributed by atoms with Gasteiger partial charge in [-0.2, -0.15) is 0 Å². The van der Waals surface area contributed by atoms with E-state index in [-0.39, 0.29) is 5.97 Å². The summed E-state index contributed by atoms with van der Waals surface area (Å²) in [6.07, 6.45) is 0.451. The fourth-order valence-electron chi connectivity index (χ4n) is 1.38. The van der Waals surface area contributed by atoms with Crippen molar-refractivity contribution in [1.29, 1.82) is 0 Å². The zero-order valence-corrected chi connectivity index (χ0v) is 10.3. The molecule has 0 saturated heterocycles. The van der Waals surface area contributed by atoms with Gasteiger partial charge in [0, 0.05) is 6.42 Å². The number of carbonyl (C=O) groups excluding carboxylic acids is 1. The number of carbonyl (C=O) groups is 1. The fourth-order valence-corrected chi connectivity index (χ4v) is 1.38. The average Bonchev–Trinajstić information content (AvgIpc) is 2.29. The second-order valence-electron chi connectivity index (χ2n) is 3.81. The highest BCUT2D eigenvalue weighted by Gasteiger charge is 2.14. The molecule has 1 aromatic carbocycles. The van der Waals surface area contributed by atoms with Gasteiger partial charge < -0.3 is 15.2 Å². The van der Waals surface area contributed by atoms with Crippen molar-refractivity contribution in [2.45, 2.75) is 26.3 Å². The first-order valence-corrected chi connectivity index (χ1v) is 5.75. The highest BCUT2D eigenvalue weighted by atomic mass is 16.5. The van der Waals surface area contributed by atoms with E-state index in [9.17, 15) is 4.79 Å². The summed E-state index contributed by atoms with van der Waals surface area (Å²) in [6, 6.07) is 7.13. The molecule has 94 valence electrons. The quantitative estimate of drug-likeness (QED) is 0.764. The molecule has 0 fully saturated rings. The normalized spacial score (nSPS) is 11.9. The number of nitrogens with two attached hydrogens (primary N) is 1. The third-order valence-electron chi connectivity index (χ3n) is 2.28. The van der Waals surface area contributed by atoms with Crippen LogP contribution in [-0.2, 0) is 9.53 Å². The molecule has 4 nitrogen and oxygen atoms in total. The van der Waals surface area contributed by atoms with E-state index in [4.69, 9.17) is 15.2 Å². The molecule has 0 aliphatic carbocycles. The summed E-state index contributed by atoms with van der Waals surface area (Å²) in [4.78, 5) is 11.2. The van der Waals surface area contributed by atoms with Crippen molar-refractivity contribution < 1.29 is 14.3 Å². The van der Waals surface area contributed by atoms with Gasteiger partial charge >= 0.3 is 5.97 Å². The molecule has 2 N–H and O–H groups in total. The number of benzene rings is 1. The summed E-state index contributed by atoms with van der Waals surface area (Å²) >= 11 is 0. The summed E-state index contributed by atoms with van der Waals surface area (Å²) in [5.41, 5.74) is 6.78. The van der Waals surface area contributed by atoms with Crippen LogP contribution in [0.2, 0.25) is 0 Å². The van der Waals surface area contributed by atoms with E-state index in [1.165, 1.54) is 0 Å². The Morgan fingerprint density at radius 1 is 1.47 bits per heavy atom. The predicted octanol–water partition coefficient (Wildman–Crippen LogP) is 1.65. The summed E-state index contributed by atoms with van der Waals surface area (Å²) in [7, 11) is 0. The highest BCUT2D eigenvalue weighted by molar-refractivity contribution is 5.75. The Morgan fingerprint density at radius 2 is 2.24 bits per heavy atom. The lowest BCUT2D eigenvalue weighted by molar-refractivity contribution is -0.145. The first-order valence-electron chi connectivity index (χ1n) is 5.75. The summed E-state index contributed by atoms with van der Waals surface area (Å²) in [5, 5.41) is 0. The van der Waals surface area contributed by atoms with Crippen molar-refractivity contribution in [2.75, 3.05) is 13.2 Å². The van der Waals surface area contributed by atoms with Crippen molar-refractivity contribution in [1.82, 2.24) is 0 Å². The van der Waals surface area contributed by atoms with Crippen LogP contribution in [0.25, 0.3) is 0 Å². The van der Waals surface area contributed by atoms with Crippen LogP contribution in [0.4, 0.5) is 0 Å². The van der Waals surface area contributed by atoms with Crippen LogP contribution in [0.3, 0.4) is 0 Å². The minimum atomic E-state index is -0.611. The average molecular weight is 237 g/mol. The molecule has 0 spiro atoms. The van der Waals surface area contributed by atoms with Crippen LogP contribution in [-0.4, -0.2) is 25.2 Å². The molecule has 0 saturated carbocycles. The van der Waals surface area contributed by atoms with Crippen molar-refractivity contribution in [2.24, 2.45) is 5.73 Å². The first kappa shape index (κ1) is 13.5. The maximum atomic E-state index is 11.2. The van der Waals surface area contributed by atoms with E-state index >= 15 is 0 Å². The fraction of sp³-hybridized carbons (Fsp3) is 0.462. The Bertz CT molecular complexity index is 365. The molecule has 1 atom stereocenters. The standard InChI is InChI=1S/C13H19NO3/c1-3-16-13(15)12(14)7-8-17-11-6-4-5-10(2)9-11/h4-6,9,12H,3,7-8,14H2,1-2H3. The minimum absolute atomic E-state index is 0.352. The van der Waals surface area contributed by atoms with Crippen molar-refractivity contribution in [3.63, 3.8) is 0 Å². The van der Waals surface area contributed by atoms with E-state index in [0.717, 1.165) is 11.3 Å². The minimum Gasteiger partial charge on any atom is -0.494 e. The van der Waals surface area contributed by atoms with Crippen LogP contribution in [0, 0.1) is 6.92 Å². The number of esters is 1. The molecule has 0 bridgehead atoms. The Balaban J connectivity index is 2.30. The number of rotatable bonds is 6. The Kier molecular flexibility index (Phi) is 5.49. The first-order chi connectivity index (χ1) is 8.13. The molecule has 0 aliphatic heterocycles. The number of hydrogen-bond donors (Lipinski definition) is 1. The summed E-state index contributed by atoms with van der Waals surface area (Å²) in [5.74, 6) is 0.418. The highest BCUT2D eigenvalue weighted by Crippen LogP contribution is 2.12. The number of aryl methyl sites for hydroxylation is 1. The largest absolute Gasteiger partial charge is 0.494 e. The van der Waals surface area contributed by atoms with Crippen LogP contribution in [0.1, 0.15) is 18.9 Å². The maximum absolute atomic E-state index is 11.2. The predicted molar refractivity (Wildman–Crippen MR) is 65.9 cm³/mol. The molecule has 0 aromatic heterocycles. The Hall–Kier alpha value is -1.55. The lowest BCUT2D eigenvalue weighted by atomic mass is 10.2. The molecule has 0 heterocycles. The van der Waals surface area contributed by atoms with Crippen LogP contribution >= 0.6 is 0 Å². The van der Waals surface area contributed by atoms with Gasteiger partial charge in [0.1, 0.15) is 11.8 Å². The van der Waals surface area contributed by atoms with Gasteiger partial charge in [0.25, 0.3) is 0 Å². The molecule has 0 amide bonds. The van der Waals surface area contributed by atoms with Crippen LogP contribution in [0.15, 0.2) is 24.3 Å². The van der Waals surface area contributed by atoms with Crippen LogP contribution in [0.5, 0.6) is 5.75 Å². The van der Waals surface area contributed by atoms with Gasteiger partial charge in [-0.3, -0.25) is 4.79 Å². The van der Waals surface area contributed by atoms with Gasteiger partial charge in [-0.05, 0) is 31.5 Å². The molecular weight excluding hydrogens is 218 g/mol. The van der Waals surface area contributed by atoms with Crippen LogP contribution < -0.4 is 10.5 Å². The lowest BCUT2D eigenvalue weighted by Crippen LogP contribution is -2.33. The zero-order chi connectivity index (χ0) is 12.7. The maximum Gasteiger partial charge on any atom is 0.323 e. The topological polar surface area (TPSA) is 61.5 Å². The lowest BCUT2D eigenvalue weighted by Gasteiger charge is -2.11. The number of hydrogen-bond acceptors (Lipinski definition) is 4. The smallest absolute Gasteiger partial charge is 0.323 e. The van der Waals surface area contributed by atoms with E-state index in [2.05, 4.69) is 0 Å². The van der Waals surface area contributed by atoms with Gasteiger partial charge in [-0.25, -0.2) is 0 Å². The molecule has 4 heteroatoms. The molecule has 1 aromatic rings. The second-order valence-corrected chi connectivity index (χ2v) is 3.81. The molecule has 0 aliphatic rings. The van der Waals surface area contributed by atoms with Crippen molar-refractivity contribution >= 4 is 5.97 Å². The van der Waals surface area contributed by atoms with Gasteiger partial charge in [0.05, 0.1) is 13.2 Å². The molecule has 1 rings (SSSR count). The Morgan fingerprint density at radius 3 is 2.88 bits per heavy atom. The van der Waals surface area contributed by atoms with E-state index in [0.29, 0.717) is 19.6 Å². The summed E-state index contributed by atoms with van der Waals surface area (Å²) < 4.78 is 10.3.